The van der Waals surface area contributed by atoms with Crippen LogP contribution in [0.15, 0.2) is 30.5 Å². The van der Waals surface area contributed by atoms with Crippen molar-refractivity contribution in [3.63, 3.8) is 0 Å². The number of aryl methyl sites for hydroxylation is 1. The number of amides is 1. The molecule has 2 N–H and O–H groups in total. The number of aromatic nitrogens is 2. The number of hydrogen-bond donors (Lipinski definition) is 2. The second kappa shape index (κ2) is 6.03. The van der Waals surface area contributed by atoms with E-state index < -0.39 is 6.10 Å². The van der Waals surface area contributed by atoms with Crippen molar-refractivity contribution in [2.75, 3.05) is 13.2 Å². The molecule has 0 radical (unpaired) electrons. The van der Waals surface area contributed by atoms with E-state index in [2.05, 4.69) is 10.4 Å². The van der Waals surface area contributed by atoms with Crippen molar-refractivity contribution >= 4 is 5.91 Å². The van der Waals surface area contributed by atoms with Crippen molar-refractivity contribution in [2.24, 2.45) is 7.05 Å². The van der Waals surface area contributed by atoms with Gasteiger partial charge in [0.15, 0.2) is 0 Å². The van der Waals surface area contributed by atoms with Crippen LogP contribution in [-0.2, 0) is 18.2 Å². The molecule has 2 aliphatic rings. The minimum atomic E-state index is -0.596. The molecule has 1 unspecified atom stereocenters. The number of fused-ring (bicyclic) bond motifs is 1. The normalized spacial score (nSPS) is 25.7. The molecule has 0 bridgehead atoms. The molecule has 1 saturated heterocycles. The Kier molecular flexibility index (Phi) is 3.86. The summed E-state index contributed by atoms with van der Waals surface area (Å²) in [5, 5.41) is 17.8. The lowest BCUT2D eigenvalue weighted by Gasteiger charge is -2.18. The number of nitrogens with zero attached hydrogens (tertiary/aromatic N) is 2. The molecule has 6 nitrogen and oxygen atoms in total. The van der Waals surface area contributed by atoms with Gasteiger partial charge in [0, 0.05) is 32.2 Å². The van der Waals surface area contributed by atoms with Crippen LogP contribution in [0.2, 0.25) is 0 Å². The Morgan fingerprint density at radius 2 is 2.25 bits per heavy atom. The third-order valence-corrected chi connectivity index (χ3v) is 4.91. The number of nitrogens with one attached hydrogen (secondary N) is 1. The van der Waals surface area contributed by atoms with Crippen LogP contribution in [0, 0.1) is 0 Å². The molecule has 0 spiro atoms. The maximum atomic E-state index is 12.8. The summed E-state index contributed by atoms with van der Waals surface area (Å²) in [5.74, 6) is -0.0292. The van der Waals surface area contributed by atoms with Gasteiger partial charge in [-0.05, 0) is 17.5 Å². The lowest BCUT2D eigenvalue weighted by Crippen LogP contribution is -2.34. The van der Waals surface area contributed by atoms with E-state index in [1.54, 1.807) is 10.9 Å². The number of aliphatic hydroxyl groups is 1. The molecule has 24 heavy (non-hydrogen) atoms. The van der Waals surface area contributed by atoms with Gasteiger partial charge in [0.25, 0.3) is 5.91 Å². The van der Waals surface area contributed by atoms with Gasteiger partial charge in [-0.15, -0.1) is 0 Å². The minimum absolute atomic E-state index is 0.160. The van der Waals surface area contributed by atoms with E-state index in [1.165, 1.54) is 0 Å². The van der Waals surface area contributed by atoms with Crippen molar-refractivity contribution in [1.82, 2.24) is 15.1 Å². The van der Waals surface area contributed by atoms with Crippen LogP contribution in [0.1, 0.15) is 45.6 Å². The number of benzene rings is 1. The first-order chi connectivity index (χ1) is 11.6. The van der Waals surface area contributed by atoms with Crippen LogP contribution >= 0.6 is 0 Å². The molecule has 1 aromatic heterocycles. The van der Waals surface area contributed by atoms with Gasteiger partial charge in [0.1, 0.15) is 0 Å². The SMILES string of the molecule is Cn1cc(C(=O)N[C@H]2c3ccccc3C[C@H]2O)c(C2CCOC2)n1. The van der Waals surface area contributed by atoms with E-state index in [0.29, 0.717) is 25.2 Å². The molecule has 6 heteroatoms. The van der Waals surface area contributed by atoms with Gasteiger partial charge in [-0.25, -0.2) is 0 Å². The van der Waals surface area contributed by atoms with E-state index >= 15 is 0 Å². The van der Waals surface area contributed by atoms with Crippen LogP contribution in [-0.4, -0.2) is 40.1 Å². The molecule has 1 amide bonds. The van der Waals surface area contributed by atoms with Crippen LogP contribution in [0.4, 0.5) is 0 Å². The number of carbonyl (C=O) groups is 1. The first kappa shape index (κ1) is 15.4. The van der Waals surface area contributed by atoms with Crippen molar-refractivity contribution in [1.29, 1.82) is 0 Å². The zero-order valence-electron chi connectivity index (χ0n) is 13.6. The molecule has 1 aromatic carbocycles. The minimum Gasteiger partial charge on any atom is -0.390 e. The molecule has 0 saturated carbocycles. The zero-order valence-corrected chi connectivity index (χ0v) is 13.6. The Labute approximate surface area is 140 Å². The van der Waals surface area contributed by atoms with Gasteiger partial charge in [0.2, 0.25) is 0 Å². The average molecular weight is 327 g/mol. The fourth-order valence-electron chi connectivity index (χ4n) is 3.70. The summed E-state index contributed by atoms with van der Waals surface area (Å²) < 4.78 is 7.10. The Bertz CT molecular complexity index is 765. The number of rotatable bonds is 3. The van der Waals surface area contributed by atoms with E-state index in [1.807, 2.05) is 31.3 Å². The van der Waals surface area contributed by atoms with Crippen molar-refractivity contribution < 1.29 is 14.6 Å². The number of carbonyl (C=O) groups excluding carboxylic acids is 1. The fraction of sp³-hybridized carbons (Fsp3) is 0.444. The first-order valence-electron chi connectivity index (χ1n) is 8.31. The quantitative estimate of drug-likeness (QED) is 0.891. The molecule has 1 aliphatic carbocycles. The maximum Gasteiger partial charge on any atom is 0.255 e. The molecule has 2 heterocycles. The summed E-state index contributed by atoms with van der Waals surface area (Å²) in [6.07, 6.45) is 2.60. The summed E-state index contributed by atoms with van der Waals surface area (Å²) in [4.78, 5) is 12.8. The van der Waals surface area contributed by atoms with Crippen molar-refractivity contribution in [2.45, 2.75) is 30.9 Å². The van der Waals surface area contributed by atoms with Gasteiger partial charge in [-0.2, -0.15) is 5.10 Å². The Morgan fingerprint density at radius 3 is 3.04 bits per heavy atom. The molecule has 1 fully saturated rings. The van der Waals surface area contributed by atoms with E-state index in [-0.39, 0.29) is 17.9 Å². The summed E-state index contributed by atoms with van der Waals surface area (Å²) in [6.45, 7) is 1.31. The summed E-state index contributed by atoms with van der Waals surface area (Å²) in [5.41, 5.74) is 3.44. The van der Waals surface area contributed by atoms with E-state index in [9.17, 15) is 9.90 Å². The zero-order chi connectivity index (χ0) is 16.7. The Hall–Kier alpha value is -2.18. The summed E-state index contributed by atoms with van der Waals surface area (Å²) in [7, 11) is 1.82. The molecule has 2 aromatic rings. The predicted octanol–water partition coefficient (Wildman–Crippen LogP) is 1.31. The van der Waals surface area contributed by atoms with Crippen LogP contribution in [0.25, 0.3) is 0 Å². The number of aliphatic hydroxyl groups excluding tert-OH is 1. The van der Waals surface area contributed by atoms with E-state index in [0.717, 1.165) is 23.2 Å². The summed E-state index contributed by atoms with van der Waals surface area (Å²) in [6, 6.07) is 7.47. The third-order valence-electron chi connectivity index (χ3n) is 4.91. The Balaban J connectivity index is 1.59. The van der Waals surface area contributed by atoms with Crippen molar-refractivity contribution in [3.05, 3.63) is 52.8 Å². The van der Waals surface area contributed by atoms with Crippen LogP contribution in [0.3, 0.4) is 0 Å². The molecule has 3 atom stereocenters. The highest BCUT2D eigenvalue weighted by atomic mass is 16.5. The fourth-order valence-corrected chi connectivity index (χ4v) is 3.70. The smallest absolute Gasteiger partial charge is 0.255 e. The molecule has 4 rings (SSSR count). The molecule has 126 valence electrons. The summed E-state index contributed by atoms with van der Waals surface area (Å²) >= 11 is 0. The second-order valence-electron chi connectivity index (χ2n) is 6.58. The lowest BCUT2D eigenvalue weighted by molar-refractivity contribution is 0.0856. The molecular formula is C18H21N3O3. The lowest BCUT2D eigenvalue weighted by atomic mass is 10.0. The third kappa shape index (κ3) is 2.61. The predicted molar refractivity (Wildman–Crippen MR) is 87.7 cm³/mol. The van der Waals surface area contributed by atoms with Crippen LogP contribution < -0.4 is 5.32 Å². The highest BCUT2D eigenvalue weighted by Crippen LogP contribution is 2.32. The maximum absolute atomic E-state index is 12.8. The number of ether oxygens (including phenoxy) is 1. The topological polar surface area (TPSA) is 76.4 Å². The monoisotopic (exact) mass is 327 g/mol. The van der Waals surface area contributed by atoms with Gasteiger partial charge in [-0.1, -0.05) is 24.3 Å². The Morgan fingerprint density at radius 1 is 1.42 bits per heavy atom. The van der Waals surface area contributed by atoms with Gasteiger partial charge < -0.3 is 15.2 Å². The standard InChI is InChI=1S/C18H21N3O3/c1-21-9-14(16(20-21)12-6-7-24-10-12)18(23)19-17-13-5-3-2-4-11(13)8-15(17)22/h2-5,9,12,15,17,22H,6-8,10H2,1H3,(H,19,23)/t12?,15-,17+/m1/s1. The average Bonchev–Trinajstić information content (AvgIpc) is 3.27. The van der Waals surface area contributed by atoms with Crippen LogP contribution in [0.5, 0.6) is 0 Å². The second-order valence-corrected chi connectivity index (χ2v) is 6.58. The van der Waals surface area contributed by atoms with Gasteiger partial charge in [-0.3, -0.25) is 9.48 Å². The highest BCUT2D eigenvalue weighted by Gasteiger charge is 2.34. The van der Waals surface area contributed by atoms with Gasteiger partial charge >= 0.3 is 0 Å². The largest absolute Gasteiger partial charge is 0.390 e. The number of hydrogen-bond acceptors (Lipinski definition) is 4. The first-order valence-corrected chi connectivity index (χ1v) is 8.31. The van der Waals surface area contributed by atoms with Gasteiger partial charge in [0.05, 0.1) is 30.0 Å². The molecular weight excluding hydrogens is 306 g/mol. The van der Waals surface area contributed by atoms with Crippen molar-refractivity contribution in [3.8, 4) is 0 Å². The highest BCUT2D eigenvalue weighted by molar-refractivity contribution is 5.95. The van der Waals surface area contributed by atoms with E-state index in [4.69, 9.17) is 4.74 Å². The molecule has 1 aliphatic heterocycles.